The molecule has 27 heavy (non-hydrogen) atoms. The summed E-state index contributed by atoms with van der Waals surface area (Å²) in [6.45, 7) is 0. The third kappa shape index (κ3) is 3.96. The molecule has 0 aliphatic heterocycles. The first-order chi connectivity index (χ1) is 13.0. The zero-order chi connectivity index (χ0) is 19.4. The van der Waals surface area contributed by atoms with Crippen LogP contribution < -0.4 is 5.32 Å². The van der Waals surface area contributed by atoms with Crippen LogP contribution in [0.5, 0.6) is 0 Å². The van der Waals surface area contributed by atoms with E-state index < -0.39 is 16.7 Å². The van der Waals surface area contributed by atoms with Crippen LogP contribution in [0.4, 0.5) is 17.1 Å². The van der Waals surface area contributed by atoms with E-state index in [0.29, 0.717) is 11.4 Å². The number of non-ortho nitro benzene ring substituents is 1. The van der Waals surface area contributed by atoms with Crippen molar-refractivity contribution in [2.24, 2.45) is 0 Å². The minimum absolute atomic E-state index is 0.0311. The predicted molar refractivity (Wildman–Crippen MR) is 97.4 cm³/mol. The van der Waals surface area contributed by atoms with Gasteiger partial charge in [0.25, 0.3) is 5.69 Å². The van der Waals surface area contributed by atoms with Crippen molar-refractivity contribution in [3.63, 3.8) is 0 Å². The topological polar surface area (TPSA) is 122 Å². The first-order valence-corrected chi connectivity index (χ1v) is 7.80. The summed E-state index contributed by atoms with van der Waals surface area (Å²) in [5.74, 6) is -1.71. The first kappa shape index (κ1) is 17.7. The number of hydrogen-bond donors (Lipinski definition) is 2. The van der Waals surface area contributed by atoms with Crippen LogP contribution in [-0.4, -0.2) is 26.8 Å². The number of benzene rings is 2. The Balaban J connectivity index is 1.86. The molecule has 1 heterocycles. The molecule has 0 saturated carbocycles. The van der Waals surface area contributed by atoms with Gasteiger partial charge in [0.2, 0.25) is 5.78 Å². The normalized spacial score (nSPS) is 10.2. The largest absolute Gasteiger partial charge is 0.478 e. The van der Waals surface area contributed by atoms with Crippen LogP contribution in [0.25, 0.3) is 0 Å². The molecule has 0 spiro atoms. The highest BCUT2D eigenvalue weighted by Crippen LogP contribution is 2.21. The van der Waals surface area contributed by atoms with Crippen molar-refractivity contribution in [3.8, 4) is 0 Å². The lowest BCUT2D eigenvalue weighted by Gasteiger charge is -2.08. The quantitative estimate of drug-likeness (QED) is 0.389. The number of nitro groups is 1. The average Bonchev–Trinajstić information content (AvgIpc) is 2.68. The number of hydrogen-bond acceptors (Lipinski definition) is 6. The number of carbonyl (C=O) groups is 2. The maximum Gasteiger partial charge on any atom is 0.336 e. The summed E-state index contributed by atoms with van der Waals surface area (Å²) in [5.41, 5.74) is 1.13. The van der Waals surface area contributed by atoms with Gasteiger partial charge in [-0.25, -0.2) is 4.79 Å². The molecule has 0 saturated heterocycles. The van der Waals surface area contributed by atoms with Crippen molar-refractivity contribution in [3.05, 3.63) is 93.8 Å². The fourth-order valence-electron chi connectivity index (χ4n) is 2.47. The summed E-state index contributed by atoms with van der Waals surface area (Å²) >= 11 is 0. The van der Waals surface area contributed by atoms with Gasteiger partial charge in [0.05, 0.1) is 10.5 Å². The third-order valence-corrected chi connectivity index (χ3v) is 3.76. The Morgan fingerprint density at radius 2 is 1.63 bits per heavy atom. The van der Waals surface area contributed by atoms with Gasteiger partial charge in [0.15, 0.2) is 0 Å². The van der Waals surface area contributed by atoms with Crippen molar-refractivity contribution in [2.75, 3.05) is 5.32 Å². The molecule has 2 aromatic carbocycles. The van der Waals surface area contributed by atoms with Gasteiger partial charge in [0.1, 0.15) is 5.69 Å². The number of nitro benzene ring substituents is 1. The van der Waals surface area contributed by atoms with E-state index in [1.807, 2.05) is 0 Å². The van der Waals surface area contributed by atoms with Crippen molar-refractivity contribution in [1.82, 2.24) is 4.98 Å². The molecule has 0 amide bonds. The van der Waals surface area contributed by atoms with Crippen LogP contribution in [0.3, 0.4) is 0 Å². The smallest absolute Gasteiger partial charge is 0.336 e. The van der Waals surface area contributed by atoms with Gasteiger partial charge in [-0.2, -0.15) is 0 Å². The third-order valence-electron chi connectivity index (χ3n) is 3.76. The fraction of sp³-hybridized carbons (Fsp3) is 0. The Kier molecular flexibility index (Phi) is 4.89. The minimum Gasteiger partial charge on any atom is -0.478 e. The Hall–Kier alpha value is -4.07. The zero-order valence-corrected chi connectivity index (χ0v) is 13.8. The summed E-state index contributed by atoms with van der Waals surface area (Å²) in [6.07, 6.45) is 1.42. The number of aromatic carboxylic acids is 1. The van der Waals surface area contributed by atoms with E-state index in [1.165, 1.54) is 36.5 Å². The molecule has 2 N–H and O–H groups in total. The maximum absolute atomic E-state index is 12.7. The summed E-state index contributed by atoms with van der Waals surface area (Å²) < 4.78 is 0. The Morgan fingerprint density at radius 3 is 2.26 bits per heavy atom. The number of pyridine rings is 1. The standard InChI is InChI=1S/C19H13N3O5/c23-18(15-3-1-2-4-16(15)19(24)25)17-11-13(9-10-20-17)21-12-5-7-14(8-6-12)22(26)27/h1-11H,(H,20,21)(H,24,25). The highest BCUT2D eigenvalue weighted by molar-refractivity contribution is 6.13. The minimum atomic E-state index is -1.20. The molecule has 3 rings (SSSR count). The van der Waals surface area contributed by atoms with E-state index in [0.717, 1.165) is 0 Å². The number of carboxylic acid groups (broad SMARTS) is 1. The SMILES string of the molecule is O=C(O)c1ccccc1C(=O)c1cc(Nc2ccc([N+](=O)[O-])cc2)ccn1. The molecule has 1 aromatic heterocycles. The molecule has 0 aliphatic carbocycles. The van der Waals surface area contributed by atoms with Crippen LogP contribution in [-0.2, 0) is 0 Å². The second-order valence-electron chi connectivity index (χ2n) is 5.54. The number of carboxylic acids is 1. The van der Waals surface area contributed by atoms with E-state index in [-0.39, 0.29) is 22.5 Å². The van der Waals surface area contributed by atoms with Crippen molar-refractivity contribution < 1.29 is 19.6 Å². The number of carbonyl (C=O) groups excluding carboxylic acids is 1. The van der Waals surface area contributed by atoms with Gasteiger partial charge in [-0.3, -0.25) is 19.9 Å². The molecule has 8 heteroatoms. The molecule has 0 atom stereocenters. The maximum atomic E-state index is 12.7. The zero-order valence-electron chi connectivity index (χ0n) is 13.8. The van der Waals surface area contributed by atoms with Crippen LogP contribution in [0.15, 0.2) is 66.9 Å². The summed E-state index contributed by atoms with van der Waals surface area (Å²) in [7, 11) is 0. The lowest BCUT2D eigenvalue weighted by Crippen LogP contribution is -2.11. The molecule has 0 unspecified atom stereocenters. The lowest BCUT2D eigenvalue weighted by molar-refractivity contribution is -0.384. The van der Waals surface area contributed by atoms with Crippen molar-refractivity contribution in [1.29, 1.82) is 0 Å². The van der Waals surface area contributed by atoms with E-state index >= 15 is 0 Å². The van der Waals surface area contributed by atoms with Crippen molar-refractivity contribution in [2.45, 2.75) is 0 Å². The summed E-state index contributed by atoms with van der Waals surface area (Å²) in [6, 6.07) is 14.8. The molecule has 0 aliphatic rings. The molecular weight excluding hydrogens is 350 g/mol. The monoisotopic (exact) mass is 363 g/mol. The van der Waals surface area contributed by atoms with Gasteiger partial charge in [-0.1, -0.05) is 18.2 Å². The number of nitrogens with one attached hydrogen (secondary N) is 1. The van der Waals surface area contributed by atoms with E-state index in [2.05, 4.69) is 10.3 Å². The van der Waals surface area contributed by atoms with Gasteiger partial charge in [-0.05, 0) is 30.3 Å². The molecule has 3 aromatic rings. The number of rotatable bonds is 6. The number of ketones is 1. The highest BCUT2D eigenvalue weighted by Gasteiger charge is 2.18. The molecule has 0 radical (unpaired) electrons. The lowest BCUT2D eigenvalue weighted by atomic mass is 10.0. The Bertz CT molecular complexity index is 1030. The van der Waals surface area contributed by atoms with E-state index in [4.69, 9.17) is 0 Å². The summed E-state index contributed by atoms with van der Waals surface area (Å²) in [4.78, 5) is 38.2. The Labute approximate surface area is 153 Å². The van der Waals surface area contributed by atoms with Crippen LogP contribution >= 0.6 is 0 Å². The summed E-state index contributed by atoms with van der Waals surface area (Å²) in [5, 5.41) is 23.0. The fourth-order valence-corrected chi connectivity index (χ4v) is 2.47. The van der Waals surface area contributed by atoms with Crippen LogP contribution in [0, 0.1) is 10.1 Å². The molecule has 0 bridgehead atoms. The van der Waals surface area contributed by atoms with Crippen LogP contribution in [0.2, 0.25) is 0 Å². The highest BCUT2D eigenvalue weighted by atomic mass is 16.6. The van der Waals surface area contributed by atoms with Gasteiger partial charge in [-0.15, -0.1) is 0 Å². The molecular formula is C19H13N3O5. The van der Waals surface area contributed by atoms with Crippen molar-refractivity contribution >= 4 is 28.8 Å². The molecule has 8 nitrogen and oxygen atoms in total. The van der Waals surface area contributed by atoms with Gasteiger partial charge in [0, 0.05) is 35.3 Å². The number of nitrogens with zero attached hydrogens (tertiary/aromatic N) is 2. The van der Waals surface area contributed by atoms with E-state index in [1.54, 1.807) is 30.3 Å². The Morgan fingerprint density at radius 1 is 0.963 bits per heavy atom. The molecule has 0 fully saturated rings. The molecule has 134 valence electrons. The first-order valence-electron chi connectivity index (χ1n) is 7.80. The number of anilines is 2. The van der Waals surface area contributed by atoms with Crippen LogP contribution in [0.1, 0.15) is 26.4 Å². The van der Waals surface area contributed by atoms with Gasteiger partial charge < -0.3 is 10.4 Å². The van der Waals surface area contributed by atoms with E-state index in [9.17, 15) is 24.8 Å². The number of aromatic nitrogens is 1. The second kappa shape index (κ2) is 7.44. The van der Waals surface area contributed by atoms with Gasteiger partial charge >= 0.3 is 5.97 Å². The average molecular weight is 363 g/mol. The second-order valence-corrected chi connectivity index (χ2v) is 5.54. The predicted octanol–water partition coefficient (Wildman–Crippen LogP) is 3.66.